The van der Waals surface area contributed by atoms with Crippen molar-refractivity contribution in [1.29, 1.82) is 0 Å². The molecule has 1 heterocycles. The van der Waals surface area contributed by atoms with E-state index in [-0.39, 0.29) is 11.7 Å². The molecule has 86 valence electrons. The molecule has 0 spiro atoms. The molecule has 1 aromatic rings. The molecule has 1 unspecified atom stereocenters. The van der Waals surface area contributed by atoms with Crippen molar-refractivity contribution in [3.8, 4) is 0 Å². The van der Waals surface area contributed by atoms with Gasteiger partial charge in [-0.15, -0.1) is 22.9 Å². The van der Waals surface area contributed by atoms with Gasteiger partial charge >= 0.3 is 0 Å². The third kappa shape index (κ3) is 4.92. The van der Waals surface area contributed by atoms with E-state index in [1.54, 1.807) is 18.6 Å². The lowest BCUT2D eigenvalue weighted by Crippen LogP contribution is -2.28. The standard InChI is InChI=1S/C8H13ClN2O2S2/c1-7(2-9)5-15(12,13)11-4-8-3-10-6-14-8/h3,6-7,11H,2,4-5H2,1H3. The maximum atomic E-state index is 11.5. The highest BCUT2D eigenvalue weighted by Crippen LogP contribution is 2.07. The second-order valence-corrected chi connectivity index (χ2v) is 6.46. The second-order valence-electron chi connectivity index (χ2n) is 3.33. The van der Waals surface area contributed by atoms with Gasteiger partial charge in [-0.25, -0.2) is 13.1 Å². The predicted molar refractivity (Wildman–Crippen MR) is 62.6 cm³/mol. The number of sulfonamides is 1. The Morgan fingerprint density at radius 1 is 1.67 bits per heavy atom. The Balaban J connectivity index is 2.43. The van der Waals surface area contributed by atoms with E-state index in [0.717, 1.165) is 4.88 Å². The van der Waals surface area contributed by atoms with Gasteiger partial charge in [0.2, 0.25) is 10.0 Å². The van der Waals surface area contributed by atoms with Crippen molar-refractivity contribution in [2.24, 2.45) is 5.92 Å². The smallest absolute Gasteiger partial charge is 0.212 e. The Bertz CT molecular complexity index is 377. The lowest BCUT2D eigenvalue weighted by molar-refractivity contribution is 0.569. The molecule has 1 atom stereocenters. The van der Waals surface area contributed by atoms with Crippen LogP contribution in [0, 0.1) is 5.92 Å². The Hall–Kier alpha value is -0.170. The fourth-order valence-corrected chi connectivity index (χ4v) is 3.21. The molecule has 0 bridgehead atoms. The fourth-order valence-electron chi connectivity index (χ4n) is 0.989. The van der Waals surface area contributed by atoms with E-state index in [1.165, 1.54) is 11.3 Å². The molecule has 0 amide bonds. The molecule has 0 saturated carbocycles. The van der Waals surface area contributed by atoms with Crippen LogP contribution in [-0.4, -0.2) is 25.0 Å². The first-order valence-electron chi connectivity index (χ1n) is 4.44. The minimum Gasteiger partial charge on any atom is -0.253 e. The summed E-state index contributed by atoms with van der Waals surface area (Å²) in [6.45, 7) is 2.11. The van der Waals surface area contributed by atoms with E-state index in [4.69, 9.17) is 11.6 Å². The fraction of sp³-hybridized carbons (Fsp3) is 0.625. The van der Waals surface area contributed by atoms with Gasteiger partial charge in [0.15, 0.2) is 0 Å². The number of nitrogens with zero attached hydrogens (tertiary/aromatic N) is 1. The third-order valence-electron chi connectivity index (χ3n) is 1.72. The molecular formula is C8H13ClN2O2S2. The molecule has 0 saturated heterocycles. The molecule has 1 rings (SSSR count). The summed E-state index contributed by atoms with van der Waals surface area (Å²) in [6, 6.07) is 0. The zero-order valence-corrected chi connectivity index (χ0v) is 10.7. The monoisotopic (exact) mass is 268 g/mol. The Kier molecular flexibility index (Phi) is 4.98. The average molecular weight is 269 g/mol. The lowest BCUT2D eigenvalue weighted by atomic mass is 10.3. The largest absolute Gasteiger partial charge is 0.253 e. The van der Waals surface area contributed by atoms with Crippen LogP contribution in [0.15, 0.2) is 11.7 Å². The topological polar surface area (TPSA) is 59.1 Å². The van der Waals surface area contributed by atoms with Gasteiger partial charge < -0.3 is 0 Å². The van der Waals surface area contributed by atoms with Crippen molar-refractivity contribution in [3.63, 3.8) is 0 Å². The average Bonchev–Trinajstić information content (AvgIpc) is 2.66. The number of aromatic nitrogens is 1. The summed E-state index contributed by atoms with van der Waals surface area (Å²) in [4.78, 5) is 4.76. The van der Waals surface area contributed by atoms with Crippen LogP contribution >= 0.6 is 22.9 Å². The van der Waals surface area contributed by atoms with Crippen LogP contribution in [0.25, 0.3) is 0 Å². The summed E-state index contributed by atoms with van der Waals surface area (Å²) in [6.07, 6.45) is 1.65. The molecule has 0 aliphatic heterocycles. The van der Waals surface area contributed by atoms with Crippen molar-refractivity contribution >= 4 is 33.0 Å². The molecule has 0 radical (unpaired) electrons. The molecular weight excluding hydrogens is 256 g/mol. The molecule has 0 aromatic carbocycles. The lowest BCUT2D eigenvalue weighted by Gasteiger charge is -2.08. The summed E-state index contributed by atoms with van der Waals surface area (Å²) in [7, 11) is -3.22. The number of rotatable bonds is 6. The summed E-state index contributed by atoms with van der Waals surface area (Å²) in [5.74, 6) is 0.377. The number of hydrogen-bond donors (Lipinski definition) is 1. The Labute approximate surface area is 98.7 Å². The van der Waals surface area contributed by atoms with Crippen LogP contribution in [0.3, 0.4) is 0 Å². The Morgan fingerprint density at radius 3 is 2.93 bits per heavy atom. The minimum atomic E-state index is -3.22. The molecule has 0 aliphatic rings. The summed E-state index contributed by atoms with van der Waals surface area (Å²) >= 11 is 6.98. The van der Waals surface area contributed by atoms with E-state index < -0.39 is 10.0 Å². The number of thiazole rings is 1. The van der Waals surface area contributed by atoms with Crippen LogP contribution in [0.1, 0.15) is 11.8 Å². The van der Waals surface area contributed by atoms with Crippen molar-refractivity contribution < 1.29 is 8.42 Å². The first-order valence-corrected chi connectivity index (χ1v) is 7.51. The van der Waals surface area contributed by atoms with Crippen LogP contribution < -0.4 is 4.72 Å². The number of nitrogens with one attached hydrogen (secondary N) is 1. The highest BCUT2D eigenvalue weighted by atomic mass is 35.5. The minimum absolute atomic E-state index is 0.0365. The number of alkyl halides is 1. The van der Waals surface area contributed by atoms with Crippen molar-refractivity contribution in [1.82, 2.24) is 9.71 Å². The van der Waals surface area contributed by atoms with Crippen LogP contribution in [0.5, 0.6) is 0 Å². The van der Waals surface area contributed by atoms with Crippen molar-refractivity contribution in [3.05, 3.63) is 16.6 Å². The quantitative estimate of drug-likeness (QED) is 0.795. The molecule has 0 fully saturated rings. The SMILES string of the molecule is CC(CCl)CS(=O)(=O)NCc1cncs1. The maximum Gasteiger partial charge on any atom is 0.212 e. The summed E-state index contributed by atoms with van der Waals surface area (Å²) in [5, 5.41) is 0. The van der Waals surface area contributed by atoms with Crippen LogP contribution in [0.4, 0.5) is 0 Å². The van der Waals surface area contributed by atoms with E-state index in [0.29, 0.717) is 12.4 Å². The van der Waals surface area contributed by atoms with Gasteiger partial charge in [0.25, 0.3) is 0 Å². The normalized spacial score (nSPS) is 14.0. The first-order chi connectivity index (χ1) is 7.03. The summed E-state index contributed by atoms with van der Waals surface area (Å²) in [5.41, 5.74) is 1.67. The van der Waals surface area contributed by atoms with E-state index in [2.05, 4.69) is 9.71 Å². The first kappa shape index (κ1) is 12.9. The number of hydrogen-bond acceptors (Lipinski definition) is 4. The molecule has 1 N–H and O–H groups in total. The van der Waals surface area contributed by atoms with E-state index in [9.17, 15) is 8.42 Å². The van der Waals surface area contributed by atoms with Crippen LogP contribution in [0.2, 0.25) is 0 Å². The highest BCUT2D eigenvalue weighted by Gasteiger charge is 2.14. The summed E-state index contributed by atoms with van der Waals surface area (Å²) < 4.78 is 25.5. The van der Waals surface area contributed by atoms with Gasteiger partial charge in [0, 0.05) is 23.5 Å². The number of halogens is 1. The Morgan fingerprint density at radius 2 is 2.40 bits per heavy atom. The van der Waals surface area contributed by atoms with E-state index >= 15 is 0 Å². The zero-order chi connectivity index (χ0) is 11.3. The highest BCUT2D eigenvalue weighted by molar-refractivity contribution is 7.89. The third-order valence-corrected chi connectivity index (χ3v) is 4.62. The van der Waals surface area contributed by atoms with Crippen molar-refractivity contribution in [2.45, 2.75) is 13.5 Å². The van der Waals surface area contributed by atoms with Crippen molar-refractivity contribution in [2.75, 3.05) is 11.6 Å². The molecule has 1 aromatic heterocycles. The van der Waals surface area contributed by atoms with Gasteiger partial charge in [-0.05, 0) is 5.92 Å². The van der Waals surface area contributed by atoms with Gasteiger partial charge in [-0.3, -0.25) is 4.98 Å². The molecule has 0 aliphatic carbocycles. The van der Waals surface area contributed by atoms with Gasteiger partial charge in [0.1, 0.15) is 0 Å². The molecule has 4 nitrogen and oxygen atoms in total. The maximum absolute atomic E-state index is 11.5. The van der Waals surface area contributed by atoms with Gasteiger partial charge in [-0.2, -0.15) is 0 Å². The van der Waals surface area contributed by atoms with E-state index in [1.807, 2.05) is 0 Å². The van der Waals surface area contributed by atoms with Gasteiger partial charge in [-0.1, -0.05) is 6.92 Å². The second kappa shape index (κ2) is 5.79. The molecule has 7 heteroatoms. The van der Waals surface area contributed by atoms with Gasteiger partial charge in [0.05, 0.1) is 11.3 Å². The zero-order valence-electron chi connectivity index (χ0n) is 8.31. The predicted octanol–water partition coefficient (Wildman–Crippen LogP) is 1.44. The van der Waals surface area contributed by atoms with Crippen LogP contribution in [-0.2, 0) is 16.6 Å². The molecule has 15 heavy (non-hydrogen) atoms.